The minimum Gasteiger partial charge on any atom is -0.485 e. The molecule has 3 rings (SSSR count). The number of nitrogens with one attached hydrogen (secondary N) is 1. The highest BCUT2D eigenvalue weighted by Crippen LogP contribution is 2.25. The second-order valence-corrected chi connectivity index (χ2v) is 12.1. The first-order valence-corrected chi connectivity index (χ1v) is 15.1. The number of rotatable bonds is 13. The van der Waals surface area contributed by atoms with Crippen molar-refractivity contribution in [1.82, 2.24) is 14.0 Å². The van der Waals surface area contributed by atoms with Crippen LogP contribution in [0.1, 0.15) is 79.8 Å². The van der Waals surface area contributed by atoms with Gasteiger partial charge in [-0.1, -0.05) is 19.8 Å². The van der Waals surface area contributed by atoms with Crippen LogP contribution in [0.2, 0.25) is 0 Å². The Kier molecular flexibility index (Phi) is 11.6. The third-order valence-electron chi connectivity index (χ3n) is 7.57. The van der Waals surface area contributed by atoms with Gasteiger partial charge in [0.15, 0.2) is 0 Å². The standard InChI is InChI=1S/C31H49N5O6/c1-8-9-10-19-41-29(39)32-24-11-13-25(14-12-24)42-31(6,7)26(37)21-33-15-17-34(18-16-33)27-20-28(38)36(23(4)5)30(40)35(27)22(2)3/h11-14,20,22-23,26,37H,8-10,15-19,21H2,1-7H3,(H,32,39). The van der Waals surface area contributed by atoms with Crippen LogP contribution in [0.4, 0.5) is 16.3 Å². The van der Waals surface area contributed by atoms with Crippen LogP contribution in [0.5, 0.6) is 5.75 Å². The lowest BCUT2D eigenvalue weighted by Gasteiger charge is -2.40. The molecule has 1 fully saturated rings. The van der Waals surface area contributed by atoms with Crippen molar-refractivity contribution in [3.8, 4) is 5.75 Å². The Balaban J connectivity index is 1.55. The molecule has 1 aromatic heterocycles. The zero-order valence-electron chi connectivity index (χ0n) is 26.3. The second kappa shape index (κ2) is 14.7. The first kappa shape index (κ1) is 33.2. The van der Waals surface area contributed by atoms with Crippen molar-refractivity contribution in [2.24, 2.45) is 0 Å². The number of carbonyl (C=O) groups excluding carboxylic acids is 1. The molecule has 0 spiro atoms. The molecule has 2 heterocycles. The van der Waals surface area contributed by atoms with Crippen LogP contribution >= 0.6 is 0 Å². The zero-order valence-corrected chi connectivity index (χ0v) is 26.3. The quantitative estimate of drug-likeness (QED) is 0.334. The highest BCUT2D eigenvalue weighted by molar-refractivity contribution is 5.84. The van der Waals surface area contributed by atoms with Gasteiger partial charge in [0, 0.05) is 56.6 Å². The maximum Gasteiger partial charge on any atom is 0.411 e. The van der Waals surface area contributed by atoms with Gasteiger partial charge in [-0.15, -0.1) is 0 Å². The largest absolute Gasteiger partial charge is 0.485 e. The lowest BCUT2D eigenvalue weighted by molar-refractivity contribution is -0.0449. The van der Waals surface area contributed by atoms with Crippen LogP contribution in [0.3, 0.4) is 0 Å². The summed E-state index contributed by atoms with van der Waals surface area (Å²) in [6, 6.07) is 8.24. The maximum absolute atomic E-state index is 13.1. The molecule has 1 atom stereocenters. The van der Waals surface area contributed by atoms with Crippen molar-refractivity contribution in [1.29, 1.82) is 0 Å². The van der Waals surface area contributed by atoms with Gasteiger partial charge in [0.25, 0.3) is 5.56 Å². The van der Waals surface area contributed by atoms with E-state index in [0.29, 0.717) is 56.6 Å². The first-order valence-electron chi connectivity index (χ1n) is 15.1. The van der Waals surface area contributed by atoms with Crippen molar-refractivity contribution >= 4 is 17.6 Å². The summed E-state index contributed by atoms with van der Waals surface area (Å²) >= 11 is 0. The molecule has 1 aliphatic rings. The molecule has 2 aromatic rings. The van der Waals surface area contributed by atoms with E-state index in [1.807, 2.05) is 41.5 Å². The summed E-state index contributed by atoms with van der Waals surface area (Å²) in [7, 11) is 0. The van der Waals surface area contributed by atoms with Crippen LogP contribution in [0, 0.1) is 0 Å². The maximum atomic E-state index is 13.1. The Hall–Kier alpha value is -3.31. The molecule has 0 saturated carbocycles. The van der Waals surface area contributed by atoms with Gasteiger partial charge >= 0.3 is 11.8 Å². The van der Waals surface area contributed by atoms with Gasteiger partial charge in [-0.25, -0.2) is 9.59 Å². The zero-order chi connectivity index (χ0) is 31.0. The normalized spacial score (nSPS) is 15.2. The Morgan fingerprint density at radius 2 is 1.60 bits per heavy atom. The highest BCUT2D eigenvalue weighted by atomic mass is 16.5. The number of aliphatic hydroxyl groups is 1. The van der Waals surface area contributed by atoms with E-state index in [-0.39, 0.29) is 23.3 Å². The molecule has 234 valence electrons. The SMILES string of the molecule is CCCCCOC(=O)Nc1ccc(OC(C)(C)C(O)CN2CCN(c3cc(=O)n(C(C)C)c(=O)n3C(C)C)CC2)cc1. The molecule has 42 heavy (non-hydrogen) atoms. The van der Waals surface area contributed by atoms with E-state index in [1.54, 1.807) is 34.9 Å². The molecule has 1 aromatic carbocycles. The summed E-state index contributed by atoms with van der Waals surface area (Å²) in [5, 5.41) is 13.8. The minimum absolute atomic E-state index is 0.0925. The van der Waals surface area contributed by atoms with Crippen LogP contribution in [0.15, 0.2) is 39.9 Å². The topological polar surface area (TPSA) is 118 Å². The van der Waals surface area contributed by atoms with E-state index in [0.717, 1.165) is 19.3 Å². The fourth-order valence-corrected chi connectivity index (χ4v) is 5.04. The molecule has 1 saturated heterocycles. The highest BCUT2D eigenvalue weighted by Gasteiger charge is 2.33. The molecule has 0 aliphatic carbocycles. The van der Waals surface area contributed by atoms with Gasteiger partial charge in [0.2, 0.25) is 0 Å². The summed E-state index contributed by atoms with van der Waals surface area (Å²) in [4.78, 5) is 42.1. The summed E-state index contributed by atoms with van der Waals surface area (Å²) in [6.45, 7) is 16.8. The van der Waals surface area contributed by atoms with Crippen molar-refractivity contribution < 1.29 is 19.4 Å². The van der Waals surface area contributed by atoms with E-state index in [4.69, 9.17) is 9.47 Å². The van der Waals surface area contributed by atoms with E-state index in [1.165, 1.54) is 4.57 Å². The van der Waals surface area contributed by atoms with Crippen molar-refractivity contribution in [2.75, 3.05) is 49.5 Å². The third-order valence-corrected chi connectivity index (χ3v) is 7.57. The molecule has 2 N–H and O–H groups in total. The fourth-order valence-electron chi connectivity index (χ4n) is 5.04. The molecule has 11 nitrogen and oxygen atoms in total. The van der Waals surface area contributed by atoms with Gasteiger partial charge in [-0.05, 0) is 72.2 Å². The first-order chi connectivity index (χ1) is 19.8. The predicted molar refractivity (Wildman–Crippen MR) is 166 cm³/mol. The number of benzene rings is 1. The Bertz CT molecular complexity index is 1280. The smallest absolute Gasteiger partial charge is 0.411 e. The van der Waals surface area contributed by atoms with Gasteiger partial charge < -0.3 is 19.5 Å². The number of amides is 1. The minimum atomic E-state index is -0.871. The number of nitrogens with zero attached hydrogens (tertiary/aromatic N) is 4. The number of hydrogen-bond acceptors (Lipinski definition) is 8. The Morgan fingerprint density at radius 1 is 0.976 bits per heavy atom. The summed E-state index contributed by atoms with van der Waals surface area (Å²) < 4.78 is 14.3. The molecule has 11 heteroatoms. The predicted octanol–water partition coefficient (Wildman–Crippen LogP) is 4.25. The lowest BCUT2D eigenvalue weighted by atomic mass is 10.0. The number of carbonyl (C=O) groups is 1. The lowest BCUT2D eigenvalue weighted by Crippen LogP contribution is -2.54. The number of aromatic nitrogens is 2. The van der Waals surface area contributed by atoms with Crippen molar-refractivity contribution in [3.63, 3.8) is 0 Å². The van der Waals surface area contributed by atoms with Gasteiger partial charge in [0.05, 0.1) is 6.61 Å². The number of hydrogen-bond donors (Lipinski definition) is 2. The van der Waals surface area contributed by atoms with Crippen molar-refractivity contribution in [2.45, 2.75) is 91.5 Å². The van der Waals surface area contributed by atoms with Gasteiger partial charge in [-0.3, -0.25) is 24.1 Å². The molecule has 1 amide bonds. The molecule has 0 radical (unpaired) electrons. The average Bonchev–Trinajstić information content (AvgIpc) is 2.91. The van der Waals surface area contributed by atoms with Crippen LogP contribution in [-0.4, -0.2) is 76.3 Å². The molecule has 1 aliphatic heterocycles. The number of unbranched alkanes of at least 4 members (excludes halogenated alkanes) is 2. The monoisotopic (exact) mass is 587 g/mol. The average molecular weight is 588 g/mol. The van der Waals surface area contributed by atoms with Gasteiger partial charge in [-0.2, -0.15) is 0 Å². The Morgan fingerprint density at radius 3 is 2.17 bits per heavy atom. The van der Waals surface area contributed by atoms with E-state index < -0.39 is 17.8 Å². The van der Waals surface area contributed by atoms with Crippen LogP contribution in [0.25, 0.3) is 0 Å². The number of ether oxygens (including phenoxy) is 2. The van der Waals surface area contributed by atoms with E-state index in [9.17, 15) is 19.5 Å². The molecule has 1 unspecified atom stereocenters. The molecular formula is C31H49N5O6. The van der Waals surface area contributed by atoms with E-state index >= 15 is 0 Å². The fraction of sp³-hybridized carbons (Fsp3) is 0.645. The van der Waals surface area contributed by atoms with Gasteiger partial charge in [0.1, 0.15) is 23.3 Å². The number of anilines is 2. The summed E-state index contributed by atoms with van der Waals surface area (Å²) in [6.07, 6.45) is 1.67. The number of β-amino-alcohol motifs (C(OH)–C–C–N with tert-alkyl or cyclic N) is 1. The molecule has 0 bridgehead atoms. The third kappa shape index (κ3) is 8.61. The van der Waals surface area contributed by atoms with E-state index in [2.05, 4.69) is 22.0 Å². The van der Waals surface area contributed by atoms with Crippen LogP contribution in [-0.2, 0) is 4.74 Å². The second-order valence-electron chi connectivity index (χ2n) is 12.1. The molecular weight excluding hydrogens is 538 g/mol. The number of piperazine rings is 1. The Labute approximate surface area is 249 Å². The number of aliphatic hydroxyl groups excluding tert-OH is 1. The summed E-state index contributed by atoms with van der Waals surface area (Å²) in [5.41, 5.74) is -0.845. The van der Waals surface area contributed by atoms with Crippen LogP contribution < -0.4 is 26.2 Å². The summed E-state index contributed by atoms with van der Waals surface area (Å²) in [5.74, 6) is 1.22. The van der Waals surface area contributed by atoms with Crippen molar-refractivity contribution in [3.05, 3.63) is 51.2 Å².